The van der Waals surface area contributed by atoms with Crippen LogP contribution < -0.4 is 25.0 Å². The Morgan fingerprint density at radius 3 is 2.36 bits per heavy atom. The first-order valence-electron chi connectivity index (χ1n) is 5.10. The van der Waals surface area contributed by atoms with Crippen LogP contribution in [0.2, 0.25) is 0 Å². The molecule has 0 saturated carbocycles. The number of rotatable bonds is 5. The van der Waals surface area contributed by atoms with Crippen LogP contribution in [0.5, 0.6) is 0 Å². The van der Waals surface area contributed by atoms with Crippen molar-refractivity contribution in [3.8, 4) is 0 Å². The van der Waals surface area contributed by atoms with Crippen molar-refractivity contribution < 1.29 is 21.5 Å². The van der Waals surface area contributed by atoms with Gasteiger partial charge >= 0.3 is 98.1 Å². The van der Waals surface area contributed by atoms with Crippen LogP contribution in [0, 0.1) is 0 Å². The van der Waals surface area contributed by atoms with Crippen LogP contribution in [-0.4, -0.2) is 9.97 Å². The summed E-state index contributed by atoms with van der Waals surface area (Å²) >= 11 is 0.177. The van der Waals surface area contributed by atoms with Gasteiger partial charge in [-0.15, -0.1) is 0 Å². The Bertz CT molecular complexity index is 246. The summed E-state index contributed by atoms with van der Waals surface area (Å²) in [6.45, 7) is 6.85. The van der Waals surface area contributed by atoms with E-state index >= 15 is 0 Å². The van der Waals surface area contributed by atoms with Gasteiger partial charge in [0.1, 0.15) is 0 Å². The number of alkyl halides is 1. The van der Waals surface area contributed by atoms with E-state index < -0.39 is 0 Å². The molecule has 0 spiro atoms. The van der Waals surface area contributed by atoms with E-state index in [0.717, 1.165) is 10.3 Å². The first-order chi connectivity index (χ1) is 6.68. The van der Waals surface area contributed by atoms with Crippen LogP contribution in [0.3, 0.4) is 0 Å². The molecular formula is C12H19IN-. The van der Waals surface area contributed by atoms with Crippen LogP contribution in [-0.2, 0) is 6.42 Å². The Labute approximate surface area is 97.9 Å². The summed E-state index contributed by atoms with van der Waals surface area (Å²) in [7, 11) is 0. The molecule has 1 nitrogen and oxygen atoms in total. The minimum absolute atomic E-state index is 0.177. The molecule has 0 aliphatic rings. The van der Waals surface area contributed by atoms with Crippen LogP contribution in [0.1, 0.15) is 26.3 Å². The molecule has 0 bridgehead atoms. The quantitative estimate of drug-likeness (QED) is 0.444. The van der Waals surface area contributed by atoms with Gasteiger partial charge in [0.05, 0.1) is 0 Å². The summed E-state index contributed by atoms with van der Waals surface area (Å²) in [4.78, 5) is 0. The Hall–Kier alpha value is -0.0900. The summed E-state index contributed by atoms with van der Waals surface area (Å²) in [5, 5.41) is 0. The number of halogens is 1. The third-order valence-electron chi connectivity index (χ3n) is 1.85. The molecule has 0 fully saturated rings. The summed E-state index contributed by atoms with van der Waals surface area (Å²) in [6.07, 6.45) is 1.15. The zero-order valence-electron chi connectivity index (χ0n) is 9.13. The van der Waals surface area contributed by atoms with Gasteiger partial charge in [0.25, 0.3) is 0 Å². The normalized spacial score (nSPS) is 13.4. The summed E-state index contributed by atoms with van der Waals surface area (Å²) in [6, 6.07) is 11.3. The molecule has 1 rings (SSSR count). The van der Waals surface area contributed by atoms with E-state index in [2.05, 4.69) is 54.6 Å². The molecule has 0 heterocycles. The average molecular weight is 304 g/mol. The van der Waals surface area contributed by atoms with Crippen molar-refractivity contribution in [1.82, 2.24) is 3.53 Å². The SMILES string of the molecule is CC(Cc1ccccc1)N[I-]C(C)C. The van der Waals surface area contributed by atoms with E-state index in [-0.39, 0.29) is 21.5 Å². The first kappa shape index (κ1) is 12.0. The topological polar surface area (TPSA) is 12.0 Å². The molecule has 1 unspecified atom stereocenters. The fourth-order valence-electron chi connectivity index (χ4n) is 1.24. The molecule has 80 valence electrons. The minimum atomic E-state index is 0.177. The second-order valence-corrected chi connectivity index (χ2v) is 7.56. The monoisotopic (exact) mass is 304 g/mol. The second-order valence-electron chi connectivity index (χ2n) is 3.82. The molecule has 2 heteroatoms. The molecule has 1 atom stereocenters. The van der Waals surface area contributed by atoms with Crippen molar-refractivity contribution in [3.05, 3.63) is 35.9 Å². The Morgan fingerprint density at radius 1 is 1.14 bits per heavy atom. The summed E-state index contributed by atoms with van der Waals surface area (Å²) in [5.74, 6) is 0. The zero-order chi connectivity index (χ0) is 10.4. The predicted molar refractivity (Wildman–Crippen MR) is 57.9 cm³/mol. The van der Waals surface area contributed by atoms with Gasteiger partial charge in [-0.1, -0.05) is 0 Å². The number of nitrogens with one attached hydrogen (secondary N) is 1. The molecule has 0 aliphatic carbocycles. The third-order valence-corrected chi connectivity index (χ3v) is 4.52. The molecule has 0 saturated heterocycles. The Morgan fingerprint density at radius 2 is 1.79 bits per heavy atom. The third kappa shape index (κ3) is 4.96. The van der Waals surface area contributed by atoms with Gasteiger partial charge in [-0.05, 0) is 0 Å². The van der Waals surface area contributed by atoms with E-state index in [4.69, 9.17) is 0 Å². The van der Waals surface area contributed by atoms with Crippen LogP contribution in [0.4, 0.5) is 0 Å². The molecular weight excluding hydrogens is 285 g/mol. The van der Waals surface area contributed by atoms with Crippen LogP contribution >= 0.6 is 0 Å². The molecule has 14 heavy (non-hydrogen) atoms. The molecule has 1 N–H and O–H groups in total. The number of hydrogen-bond acceptors (Lipinski definition) is 1. The Kier molecular flexibility index (Phi) is 5.48. The molecule has 0 amide bonds. The van der Waals surface area contributed by atoms with Crippen molar-refractivity contribution in [2.75, 3.05) is 0 Å². The van der Waals surface area contributed by atoms with Crippen LogP contribution in [0.25, 0.3) is 0 Å². The molecule has 0 aromatic heterocycles. The first-order valence-corrected chi connectivity index (χ1v) is 7.42. The van der Waals surface area contributed by atoms with Gasteiger partial charge in [0.2, 0.25) is 0 Å². The number of hydrogen-bond donors (Lipinski definition) is 1. The van der Waals surface area contributed by atoms with E-state index in [1.165, 1.54) is 5.56 Å². The van der Waals surface area contributed by atoms with Crippen molar-refractivity contribution in [2.45, 2.75) is 37.2 Å². The fraction of sp³-hybridized carbons (Fsp3) is 0.500. The van der Waals surface area contributed by atoms with Crippen molar-refractivity contribution >= 4 is 0 Å². The van der Waals surface area contributed by atoms with Crippen molar-refractivity contribution in [3.63, 3.8) is 0 Å². The van der Waals surface area contributed by atoms with Gasteiger partial charge in [-0.2, -0.15) is 0 Å². The van der Waals surface area contributed by atoms with Crippen molar-refractivity contribution in [2.24, 2.45) is 0 Å². The average Bonchev–Trinajstić information content (AvgIpc) is 2.16. The molecule has 0 aliphatic heterocycles. The van der Waals surface area contributed by atoms with E-state index in [0.29, 0.717) is 6.04 Å². The molecule has 1 aromatic rings. The summed E-state index contributed by atoms with van der Waals surface area (Å²) in [5.41, 5.74) is 1.43. The van der Waals surface area contributed by atoms with E-state index in [9.17, 15) is 0 Å². The maximum atomic E-state index is 3.64. The number of benzene rings is 1. The van der Waals surface area contributed by atoms with Crippen molar-refractivity contribution in [1.29, 1.82) is 0 Å². The molecule has 0 radical (unpaired) electrons. The van der Waals surface area contributed by atoms with Gasteiger partial charge in [-0.3, -0.25) is 0 Å². The predicted octanol–water partition coefficient (Wildman–Crippen LogP) is -0.380. The van der Waals surface area contributed by atoms with Gasteiger partial charge in [0.15, 0.2) is 0 Å². The van der Waals surface area contributed by atoms with E-state index in [1.807, 2.05) is 0 Å². The summed E-state index contributed by atoms with van der Waals surface area (Å²) < 4.78 is 4.48. The van der Waals surface area contributed by atoms with Gasteiger partial charge in [0, 0.05) is 0 Å². The van der Waals surface area contributed by atoms with Crippen LogP contribution in [0.15, 0.2) is 30.3 Å². The van der Waals surface area contributed by atoms with E-state index in [1.54, 1.807) is 0 Å². The Balaban J connectivity index is 2.30. The zero-order valence-corrected chi connectivity index (χ0v) is 11.3. The maximum absolute atomic E-state index is 3.64. The fourth-order valence-corrected chi connectivity index (χ4v) is 2.79. The van der Waals surface area contributed by atoms with Gasteiger partial charge < -0.3 is 0 Å². The standard InChI is InChI=1S/C12H19IN/c1-10(2)13-14-11(3)9-12-7-5-4-6-8-12/h4-8,10-11,14H,9H2,1-3H3/q-1. The van der Waals surface area contributed by atoms with Gasteiger partial charge in [-0.25, -0.2) is 0 Å². The molecule has 1 aromatic carbocycles. The second kappa shape index (κ2) is 6.40.